The number of fused-ring (bicyclic) bond motifs is 1. The van der Waals surface area contributed by atoms with Gasteiger partial charge in [-0.3, -0.25) is 9.59 Å². The monoisotopic (exact) mass is 581 g/mol. The number of halogens is 2. The highest BCUT2D eigenvalue weighted by atomic mass is 19.3. The normalized spacial score (nSPS) is 21.3. The van der Waals surface area contributed by atoms with Crippen molar-refractivity contribution >= 4 is 24.1 Å². The van der Waals surface area contributed by atoms with E-state index in [1.165, 1.54) is 13.0 Å². The highest BCUT2D eigenvalue weighted by Crippen LogP contribution is 2.24. The fourth-order valence-electron chi connectivity index (χ4n) is 5.82. The molecule has 3 aliphatic rings. The molecule has 4 rings (SSSR count). The summed E-state index contributed by atoms with van der Waals surface area (Å²) >= 11 is 0. The van der Waals surface area contributed by atoms with E-state index in [4.69, 9.17) is 4.74 Å². The van der Waals surface area contributed by atoms with Gasteiger partial charge in [0.25, 0.3) is 17.7 Å². The van der Waals surface area contributed by atoms with E-state index in [0.717, 1.165) is 73.0 Å². The Bertz CT molecular complexity index is 1340. The number of amides is 2. The van der Waals surface area contributed by atoms with Crippen molar-refractivity contribution in [2.75, 3.05) is 39.4 Å². The van der Waals surface area contributed by atoms with Gasteiger partial charge in [0.1, 0.15) is 6.61 Å². The number of carbonyl (C=O) groups is 2. The molecular weight excluding hydrogens is 536 g/mol. The Morgan fingerprint density at radius 2 is 1.90 bits per heavy atom. The molecular formula is C34H45F2N3O3. The van der Waals surface area contributed by atoms with E-state index in [2.05, 4.69) is 48.5 Å². The summed E-state index contributed by atoms with van der Waals surface area (Å²) in [6.07, 6.45) is 16.5. The number of likely N-dealkylation sites (tertiary alicyclic amines) is 1. The highest BCUT2D eigenvalue weighted by molar-refractivity contribution is 5.96. The maximum Gasteiger partial charge on any atom is 0.289 e. The number of ether oxygens (including phenoxy) is 1. The Labute approximate surface area is 248 Å². The van der Waals surface area contributed by atoms with Crippen molar-refractivity contribution in [3.05, 3.63) is 69.7 Å². The molecule has 1 N–H and O–H groups in total. The number of alkyl halides is 2. The Hall–Kier alpha value is -3.26. The summed E-state index contributed by atoms with van der Waals surface area (Å²) in [7, 11) is 0. The first-order chi connectivity index (χ1) is 20.1. The van der Waals surface area contributed by atoms with E-state index in [-0.39, 0.29) is 25.0 Å². The molecule has 2 heterocycles. The lowest BCUT2D eigenvalue weighted by Crippen LogP contribution is -2.43. The molecule has 0 aromatic heterocycles. The minimum atomic E-state index is -3.01. The quantitative estimate of drug-likeness (QED) is 0.330. The van der Waals surface area contributed by atoms with Crippen molar-refractivity contribution in [2.24, 2.45) is 11.8 Å². The summed E-state index contributed by atoms with van der Waals surface area (Å²) < 4.78 is 32.1. The van der Waals surface area contributed by atoms with Crippen LogP contribution >= 0.6 is 0 Å². The molecule has 2 atom stereocenters. The molecule has 2 amide bonds. The zero-order chi connectivity index (χ0) is 30.3. The lowest BCUT2D eigenvalue weighted by molar-refractivity contribution is -0.128. The van der Waals surface area contributed by atoms with Crippen LogP contribution in [0.3, 0.4) is 0 Å². The van der Waals surface area contributed by atoms with Crippen LogP contribution in [0.5, 0.6) is 0 Å². The van der Waals surface area contributed by atoms with Gasteiger partial charge in [-0.25, -0.2) is 0 Å². The molecule has 0 saturated carbocycles. The fourth-order valence-corrected chi connectivity index (χ4v) is 5.82. The third-order valence-electron chi connectivity index (χ3n) is 8.50. The van der Waals surface area contributed by atoms with Crippen LogP contribution in [0.1, 0.15) is 62.4 Å². The highest BCUT2D eigenvalue weighted by Gasteiger charge is 2.27. The van der Waals surface area contributed by atoms with E-state index in [1.807, 2.05) is 30.0 Å². The average Bonchev–Trinajstić information content (AvgIpc) is 3.12. The molecule has 0 spiro atoms. The van der Waals surface area contributed by atoms with Crippen LogP contribution in [0, 0.1) is 18.8 Å². The first-order valence-corrected chi connectivity index (χ1v) is 15.2. The zero-order valence-corrected chi connectivity index (χ0v) is 25.4. The summed E-state index contributed by atoms with van der Waals surface area (Å²) in [6.45, 7) is 9.77. The van der Waals surface area contributed by atoms with E-state index in [9.17, 15) is 18.4 Å². The number of nitrogens with zero attached hydrogens (tertiary/aromatic N) is 2. The summed E-state index contributed by atoms with van der Waals surface area (Å²) in [6, 6.07) is 4.13. The minimum absolute atomic E-state index is 0.00594. The Morgan fingerprint density at radius 1 is 1.14 bits per heavy atom. The number of rotatable bonds is 10. The number of nitrogens with one attached hydrogen (secondary N) is 1. The van der Waals surface area contributed by atoms with Gasteiger partial charge in [0.2, 0.25) is 0 Å². The first kappa shape index (κ1) is 31.7. The summed E-state index contributed by atoms with van der Waals surface area (Å²) in [4.78, 5) is 30.4. The van der Waals surface area contributed by atoms with Crippen molar-refractivity contribution in [1.29, 1.82) is 0 Å². The second-order valence-corrected chi connectivity index (χ2v) is 11.9. The number of benzene rings is 1. The Balaban J connectivity index is 1.36. The lowest BCUT2D eigenvalue weighted by Gasteiger charge is -2.36. The topological polar surface area (TPSA) is 61.9 Å². The van der Waals surface area contributed by atoms with Gasteiger partial charge in [-0.05, 0) is 81.2 Å². The van der Waals surface area contributed by atoms with Crippen molar-refractivity contribution < 1.29 is 23.1 Å². The second kappa shape index (κ2) is 14.3. The Kier molecular flexibility index (Phi) is 10.8. The molecule has 8 heteroatoms. The predicted molar refractivity (Wildman–Crippen MR) is 163 cm³/mol. The van der Waals surface area contributed by atoms with Crippen LogP contribution in [0.15, 0.2) is 48.1 Å². The van der Waals surface area contributed by atoms with Crippen molar-refractivity contribution in [2.45, 2.75) is 65.3 Å². The molecule has 1 fully saturated rings. The van der Waals surface area contributed by atoms with Gasteiger partial charge in [0.05, 0.1) is 6.61 Å². The third kappa shape index (κ3) is 8.18. The molecule has 1 aromatic rings. The number of hydrogen-bond acceptors (Lipinski definition) is 4. The molecule has 1 saturated heterocycles. The third-order valence-corrected chi connectivity index (χ3v) is 8.50. The Morgan fingerprint density at radius 3 is 2.60 bits per heavy atom. The molecule has 0 radical (unpaired) electrons. The maximum absolute atomic E-state index is 13.5. The molecule has 42 heavy (non-hydrogen) atoms. The van der Waals surface area contributed by atoms with Gasteiger partial charge < -0.3 is 19.9 Å². The number of piperidine rings is 1. The predicted octanol–water partition coefficient (Wildman–Crippen LogP) is 4.33. The van der Waals surface area contributed by atoms with E-state index in [0.29, 0.717) is 23.4 Å². The fraction of sp³-hybridized carbons (Fsp3) is 0.529. The van der Waals surface area contributed by atoms with Gasteiger partial charge in [-0.2, -0.15) is 8.78 Å². The molecule has 2 unspecified atom stereocenters. The van der Waals surface area contributed by atoms with Crippen molar-refractivity contribution in [1.82, 2.24) is 15.1 Å². The summed E-state index contributed by atoms with van der Waals surface area (Å²) in [5.74, 6) is -2.14. The number of carbonyl (C=O) groups excluding carboxylic acids is 2. The van der Waals surface area contributed by atoms with Crippen LogP contribution in [0.4, 0.5) is 8.78 Å². The van der Waals surface area contributed by atoms with Crippen LogP contribution in [-0.4, -0.2) is 73.0 Å². The molecule has 2 aliphatic heterocycles. The molecule has 228 valence electrons. The van der Waals surface area contributed by atoms with Crippen LogP contribution in [-0.2, 0) is 9.53 Å². The zero-order valence-electron chi connectivity index (χ0n) is 25.4. The van der Waals surface area contributed by atoms with Crippen molar-refractivity contribution in [3.63, 3.8) is 0 Å². The van der Waals surface area contributed by atoms with Crippen LogP contribution in [0.2, 0.25) is 0 Å². The van der Waals surface area contributed by atoms with Crippen LogP contribution < -0.4 is 15.8 Å². The lowest BCUT2D eigenvalue weighted by atomic mass is 9.93. The number of allylic oxidation sites excluding steroid dienone is 3. The van der Waals surface area contributed by atoms with Gasteiger partial charge >= 0.3 is 0 Å². The maximum atomic E-state index is 13.5. The molecule has 1 aliphatic carbocycles. The SMILES string of the molecule is CC=CC(F)(F)COCCNC(=O)c1ccc2c(c1C)=CN(CC1CCN(C(=O)C3=CCC(C)C=C3)CC1)C(C)CC=2. The van der Waals surface area contributed by atoms with E-state index < -0.39 is 12.5 Å². The molecule has 1 aromatic carbocycles. The van der Waals surface area contributed by atoms with Crippen LogP contribution in [0.25, 0.3) is 12.3 Å². The van der Waals surface area contributed by atoms with Gasteiger partial charge in [-0.15, -0.1) is 0 Å². The largest absolute Gasteiger partial charge is 0.374 e. The standard InChI is InChI=1S/C34H45F2N3O3/c1-5-16-34(35,36)23-42-20-17-37-32(40)30-13-12-28-11-8-25(3)39(22-31(28)26(30)4)21-27-14-18-38(19-15-27)33(41)29-9-6-24(2)7-10-29/h5-6,9-13,16,22,24-25,27H,7-8,14-15,17-21,23H2,1-4H3,(H,37,40). The first-order valence-electron chi connectivity index (χ1n) is 15.2. The number of hydrogen-bond donors (Lipinski definition) is 1. The second-order valence-electron chi connectivity index (χ2n) is 11.9. The van der Waals surface area contributed by atoms with Gasteiger partial charge in [0.15, 0.2) is 0 Å². The van der Waals surface area contributed by atoms with E-state index >= 15 is 0 Å². The minimum Gasteiger partial charge on any atom is -0.374 e. The van der Waals surface area contributed by atoms with Gasteiger partial charge in [-0.1, -0.05) is 43.4 Å². The van der Waals surface area contributed by atoms with E-state index in [1.54, 1.807) is 0 Å². The summed E-state index contributed by atoms with van der Waals surface area (Å²) in [5.41, 5.74) is 2.28. The molecule has 6 nitrogen and oxygen atoms in total. The van der Waals surface area contributed by atoms with Crippen molar-refractivity contribution in [3.8, 4) is 0 Å². The molecule has 0 bridgehead atoms. The smallest absolute Gasteiger partial charge is 0.289 e. The van der Waals surface area contributed by atoms with Gasteiger partial charge in [0, 0.05) is 54.8 Å². The average molecular weight is 582 g/mol. The summed E-state index contributed by atoms with van der Waals surface area (Å²) in [5, 5.41) is 4.94.